The average Bonchev–Trinajstić information content (AvgIpc) is 2.16. The van der Waals surface area contributed by atoms with Gasteiger partial charge in [0.2, 0.25) is 5.88 Å². The number of halogens is 2. The van der Waals surface area contributed by atoms with Crippen molar-refractivity contribution in [1.82, 2.24) is 4.98 Å². The van der Waals surface area contributed by atoms with Crippen LogP contribution in [0.3, 0.4) is 0 Å². The molecular formula is C8H9F2NO2. The Morgan fingerprint density at radius 1 is 1.54 bits per heavy atom. The third-order valence-corrected chi connectivity index (χ3v) is 1.57. The number of pyridine rings is 1. The minimum atomic E-state index is -2.70. The second-order valence-electron chi connectivity index (χ2n) is 2.36. The summed E-state index contributed by atoms with van der Waals surface area (Å²) in [5.74, 6) is 0.118. The van der Waals surface area contributed by atoms with Crippen molar-refractivity contribution < 1.29 is 18.6 Å². The Bertz CT molecular complexity index is 291. The first-order valence-corrected chi connectivity index (χ1v) is 3.62. The lowest BCUT2D eigenvalue weighted by Gasteiger charge is -2.06. The number of aliphatic hydroxyl groups excluding tert-OH is 1. The first-order valence-electron chi connectivity index (χ1n) is 3.62. The molecule has 0 saturated heterocycles. The van der Waals surface area contributed by atoms with Gasteiger partial charge in [-0.1, -0.05) is 0 Å². The summed E-state index contributed by atoms with van der Waals surface area (Å²) in [5, 5.41) is 8.72. The first-order chi connectivity index (χ1) is 6.19. The Hall–Kier alpha value is -1.23. The molecule has 13 heavy (non-hydrogen) atoms. The molecule has 0 aliphatic carbocycles. The Morgan fingerprint density at radius 3 is 2.69 bits per heavy atom. The van der Waals surface area contributed by atoms with Crippen molar-refractivity contribution in [3.05, 3.63) is 23.4 Å². The molecule has 0 fully saturated rings. The van der Waals surface area contributed by atoms with E-state index in [4.69, 9.17) is 5.11 Å². The number of aliphatic hydroxyl groups is 1. The molecule has 0 aliphatic rings. The standard InChI is InChI=1S/C8H9F2NO2/c1-13-6-3-2-5(4-12)7(11-6)8(9)10/h2-3,8,12H,4H2,1H3. The Morgan fingerprint density at radius 2 is 2.23 bits per heavy atom. The van der Waals surface area contributed by atoms with Crippen molar-refractivity contribution in [3.63, 3.8) is 0 Å². The fraction of sp³-hybridized carbons (Fsp3) is 0.375. The van der Waals surface area contributed by atoms with Gasteiger partial charge in [0.1, 0.15) is 5.69 Å². The molecule has 0 aromatic carbocycles. The highest BCUT2D eigenvalue weighted by Crippen LogP contribution is 2.23. The molecule has 1 aromatic heterocycles. The van der Waals surface area contributed by atoms with Gasteiger partial charge in [-0.25, -0.2) is 13.8 Å². The van der Waals surface area contributed by atoms with Crippen LogP contribution in [-0.2, 0) is 6.61 Å². The van der Waals surface area contributed by atoms with Gasteiger partial charge in [0.25, 0.3) is 6.43 Å². The number of hydrogen-bond donors (Lipinski definition) is 1. The lowest BCUT2D eigenvalue weighted by molar-refractivity contribution is 0.140. The van der Waals surface area contributed by atoms with E-state index in [0.717, 1.165) is 0 Å². The van der Waals surface area contributed by atoms with Crippen LogP contribution >= 0.6 is 0 Å². The maximum Gasteiger partial charge on any atom is 0.280 e. The molecule has 0 bridgehead atoms. The zero-order valence-corrected chi connectivity index (χ0v) is 7.00. The van der Waals surface area contributed by atoms with Crippen LogP contribution in [0.25, 0.3) is 0 Å². The van der Waals surface area contributed by atoms with Crippen molar-refractivity contribution >= 4 is 0 Å². The van der Waals surface area contributed by atoms with Crippen molar-refractivity contribution in [3.8, 4) is 5.88 Å². The molecule has 3 nitrogen and oxygen atoms in total. The first kappa shape index (κ1) is 9.85. The highest BCUT2D eigenvalue weighted by atomic mass is 19.3. The van der Waals surface area contributed by atoms with Gasteiger partial charge in [0, 0.05) is 11.6 Å². The summed E-state index contributed by atoms with van der Waals surface area (Å²) in [6.07, 6.45) is -2.70. The quantitative estimate of drug-likeness (QED) is 0.783. The lowest BCUT2D eigenvalue weighted by Crippen LogP contribution is -2.00. The molecule has 1 N–H and O–H groups in total. The van der Waals surface area contributed by atoms with Gasteiger partial charge in [0.15, 0.2) is 0 Å². The van der Waals surface area contributed by atoms with Crippen molar-refractivity contribution in [2.75, 3.05) is 7.11 Å². The summed E-state index contributed by atoms with van der Waals surface area (Å²) in [7, 11) is 1.34. The summed E-state index contributed by atoms with van der Waals surface area (Å²) >= 11 is 0. The molecule has 0 unspecified atom stereocenters. The summed E-state index contributed by atoms with van der Waals surface area (Å²) in [6.45, 7) is -0.448. The summed E-state index contributed by atoms with van der Waals surface area (Å²) in [6, 6.07) is 2.80. The van der Waals surface area contributed by atoms with Gasteiger partial charge < -0.3 is 9.84 Å². The smallest absolute Gasteiger partial charge is 0.280 e. The number of aromatic nitrogens is 1. The fourth-order valence-electron chi connectivity index (χ4n) is 0.921. The molecule has 0 amide bonds. The van der Waals surface area contributed by atoms with Gasteiger partial charge in [0.05, 0.1) is 13.7 Å². The molecule has 0 radical (unpaired) electrons. The van der Waals surface area contributed by atoms with E-state index in [1.807, 2.05) is 0 Å². The van der Waals surface area contributed by atoms with Crippen LogP contribution in [0.15, 0.2) is 12.1 Å². The maximum atomic E-state index is 12.3. The molecule has 0 spiro atoms. The Labute approximate surface area is 74.0 Å². The Balaban J connectivity index is 3.10. The van der Waals surface area contributed by atoms with Crippen LogP contribution in [0, 0.1) is 0 Å². The number of nitrogens with zero attached hydrogens (tertiary/aromatic N) is 1. The maximum absolute atomic E-state index is 12.3. The van der Waals surface area contributed by atoms with E-state index in [1.54, 1.807) is 0 Å². The third kappa shape index (κ3) is 2.12. The zero-order valence-electron chi connectivity index (χ0n) is 7.00. The van der Waals surface area contributed by atoms with Crippen LogP contribution in [-0.4, -0.2) is 17.2 Å². The SMILES string of the molecule is COc1ccc(CO)c(C(F)F)n1. The van der Waals surface area contributed by atoms with Crippen molar-refractivity contribution in [2.24, 2.45) is 0 Å². The monoisotopic (exact) mass is 189 g/mol. The van der Waals surface area contributed by atoms with E-state index < -0.39 is 18.7 Å². The molecule has 1 heterocycles. The highest BCUT2D eigenvalue weighted by molar-refractivity contribution is 5.26. The molecular weight excluding hydrogens is 180 g/mol. The van der Waals surface area contributed by atoms with Gasteiger partial charge in [-0.15, -0.1) is 0 Å². The van der Waals surface area contributed by atoms with Gasteiger partial charge in [-0.2, -0.15) is 0 Å². The molecule has 1 aromatic rings. The number of hydrogen-bond acceptors (Lipinski definition) is 3. The van der Waals surface area contributed by atoms with Crippen molar-refractivity contribution in [2.45, 2.75) is 13.0 Å². The minimum Gasteiger partial charge on any atom is -0.481 e. The van der Waals surface area contributed by atoms with Crippen LogP contribution < -0.4 is 4.74 Å². The van der Waals surface area contributed by atoms with E-state index in [2.05, 4.69) is 9.72 Å². The zero-order chi connectivity index (χ0) is 9.84. The van der Waals surface area contributed by atoms with Gasteiger partial charge in [-0.3, -0.25) is 0 Å². The topological polar surface area (TPSA) is 42.4 Å². The normalized spacial score (nSPS) is 10.5. The molecule has 72 valence electrons. The molecule has 0 aliphatic heterocycles. The number of ether oxygens (including phenoxy) is 1. The summed E-state index contributed by atoms with van der Waals surface area (Å²) in [5.41, 5.74) is -0.308. The van der Waals surface area contributed by atoms with E-state index in [-0.39, 0.29) is 11.4 Å². The molecule has 0 atom stereocenters. The molecule has 0 saturated carbocycles. The van der Waals surface area contributed by atoms with E-state index >= 15 is 0 Å². The minimum absolute atomic E-state index is 0.118. The molecule has 5 heteroatoms. The van der Waals surface area contributed by atoms with Gasteiger partial charge in [-0.05, 0) is 6.07 Å². The summed E-state index contributed by atoms with van der Waals surface area (Å²) < 4.78 is 29.3. The van der Waals surface area contributed by atoms with Crippen LogP contribution in [0.1, 0.15) is 17.7 Å². The average molecular weight is 189 g/mol. The Kier molecular flexibility index (Phi) is 3.13. The third-order valence-electron chi connectivity index (χ3n) is 1.57. The predicted molar refractivity (Wildman–Crippen MR) is 41.7 cm³/mol. The fourth-order valence-corrected chi connectivity index (χ4v) is 0.921. The second kappa shape index (κ2) is 4.13. The van der Waals surface area contributed by atoms with Crippen molar-refractivity contribution in [1.29, 1.82) is 0 Å². The second-order valence-corrected chi connectivity index (χ2v) is 2.36. The predicted octanol–water partition coefficient (Wildman–Crippen LogP) is 1.52. The van der Waals surface area contributed by atoms with E-state index in [0.29, 0.717) is 0 Å². The largest absolute Gasteiger partial charge is 0.481 e. The lowest BCUT2D eigenvalue weighted by atomic mass is 10.2. The van der Waals surface area contributed by atoms with Crippen LogP contribution in [0.5, 0.6) is 5.88 Å². The highest BCUT2D eigenvalue weighted by Gasteiger charge is 2.15. The number of rotatable bonds is 3. The van der Waals surface area contributed by atoms with Crippen LogP contribution in [0.4, 0.5) is 8.78 Å². The number of methoxy groups -OCH3 is 1. The summed E-state index contributed by atoms with van der Waals surface area (Å²) in [4.78, 5) is 3.53. The van der Waals surface area contributed by atoms with Crippen LogP contribution in [0.2, 0.25) is 0 Å². The van der Waals surface area contributed by atoms with Gasteiger partial charge >= 0.3 is 0 Å². The van der Waals surface area contributed by atoms with E-state index in [9.17, 15) is 8.78 Å². The molecule has 1 rings (SSSR count). The number of alkyl halides is 2. The van der Waals surface area contributed by atoms with E-state index in [1.165, 1.54) is 19.2 Å².